The Morgan fingerprint density at radius 2 is 2.33 bits per heavy atom. The molecule has 2 aromatic rings. The molecule has 0 aliphatic heterocycles. The Kier molecular flexibility index (Phi) is 1.65. The number of nitrogen functional groups attached to an aromatic ring is 1. The molecule has 15 heavy (non-hydrogen) atoms. The molecule has 1 aliphatic carbocycles. The second-order valence-corrected chi connectivity index (χ2v) is 4.23. The second kappa shape index (κ2) is 2.89. The third-order valence-corrected chi connectivity index (χ3v) is 2.96. The van der Waals surface area contributed by atoms with Crippen molar-refractivity contribution < 1.29 is 4.42 Å². The minimum Gasteiger partial charge on any atom is -0.459 e. The van der Waals surface area contributed by atoms with Crippen molar-refractivity contribution in [2.45, 2.75) is 19.3 Å². The Morgan fingerprint density at radius 1 is 1.53 bits per heavy atom. The topological polar surface area (TPSA) is 67.8 Å². The maximum absolute atomic E-state index is 5.75. The monoisotopic (exact) mass is 203 g/mol. The van der Waals surface area contributed by atoms with Crippen molar-refractivity contribution in [2.24, 2.45) is 5.92 Å². The molecule has 0 spiro atoms. The molecular formula is C11H13N3O. The lowest BCUT2D eigenvalue weighted by Crippen LogP contribution is -1.81. The summed E-state index contributed by atoms with van der Waals surface area (Å²) in [7, 11) is 0. The molecule has 0 aromatic carbocycles. The van der Waals surface area contributed by atoms with Gasteiger partial charge in [-0.3, -0.25) is 5.10 Å². The first-order chi connectivity index (χ1) is 7.24. The van der Waals surface area contributed by atoms with Gasteiger partial charge in [0.15, 0.2) is 5.76 Å². The van der Waals surface area contributed by atoms with E-state index in [0.29, 0.717) is 11.7 Å². The average molecular weight is 203 g/mol. The van der Waals surface area contributed by atoms with Gasteiger partial charge in [-0.2, -0.15) is 5.10 Å². The highest BCUT2D eigenvalue weighted by Gasteiger charge is 2.36. The van der Waals surface area contributed by atoms with Crippen LogP contribution >= 0.6 is 0 Å². The number of nitrogens with one attached hydrogen (secondary N) is 1. The first-order valence-corrected chi connectivity index (χ1v) is 5.15. The van der Waals surface area contributed by atoms with Crippen LogP contribution in [0.25, 0.3) is 11.5 Å². The molecule has 0 bridgehead atoms. The lowest BCUT2D eigenvalue weighted by Gasteiger charge is -1.91. The van der Waals surface area contributed by atoms with E-state index >= 15 is 0 Å². The van der Waals surface area contributed by atoms with E-state index in [-0.39, 0.29) is 0 Å². The minimum atomic E-state index is 0.489. The number of aromatic nitrogens is 2. The fourth-order valence-electron chi connectivity index (χ4n) is 1.88. The normalized spacial score (nSPS) is 24.3. The van der Waals surface area contributed by atoms with Crippen molar-refractivity contribution in [3.8, 4) is 11.5 Å². The minimum absolute atomic E-state index is 0.489. The molecule has 2 unspecified atom stereocenters. The van der Waals surface area contributed by atoms with E-state index < -0.39 is 0 Å². The van der Waals surface area contributed by atoms with Gasteiger partial charge < -0.3 is 10.2 Å². The van der Waals surface area contributed by atoms with Gasteiger partial charge in [-0.05, 0) is 24.5 Å². The summed E-state index contributed by atoms with van der Waals surface area (Å²) in [6.45, 7) is 2.24. The molecule has 1 saturated carbocycles. The van der Waals surface area contributed by atoms with Gasteiger partial charge in [0.25, 0.3) is 0 Å². The number of furan rings is 1. The van der Waals surface area contributed by atoms with E-state index in [0.717, 1.165) is 23.1 Å². The molecule has 0 saturated heterocycles. The molecule has 3 rings (SSSR count). The number of hydrogen-bond acceptors (Lipinski definition) is 3. The van der Waals surface area contributed by atoms with Crippen LogP contribution in [0, 0.1) is 5.92 Å². The van der Waals surface area contributed by atoms with Gasteiger partial charge >= 0.3 is 0 Å². The summed E-state index contributed by atoms with van der Waals surface area (Å²) in [5.74, 6) is 3.75. The van der Waals surface area contributed by atoms with Crippen LogP contribution in [0.3, 0.4) is 0 Å². The Balaban J connectivity index is 1.90. The quantitative estimate of drug-likeness (QED) is 0.787. The third kappa shape index (κ3) is 1.42. The summed E-state index contributed by atoms with van der Waals surface area (Å²) in [4.78, 5) is 0. The molecule has 4 heteroatoms. The summed E-state index contributed by atoms with van der Waals surface area (Å²) >= 11 is 0. The van der Waals surface area contributed by atoms with E-state index in [1.165, 1.54) is 6.42 Å². The first kappa shape index (κ1) is 8.59. The number of H-pyrrole nitrogens is 1. The Labute approximate surface area is 87.5 Å². The lowest BCUT2D eigenvalue weighted by atomic mass is 10.2. The Bertz CT molecular complexity index is 485. The molecule has 1 aliphatic rings. The summed E-state index contributed by atoms with van der Waals surface area (Å²) in [5.41, 5.74) is 6.37. The molecule has 2 atom stereocenters. The molecule has 2 heterocycles. The zero-order valence-corrected chi connectivity index (χ0v) is 8.53. The first-order valence-electron chi connectivity index (χ1n) is 5.15. The second-order valence-electron chi connectivity index (χ2n) is 4.23. The zero-order valence-electron chi connectivity index (χ0n) is 8.53. The highest BCUT2D eigenvalue weighted by molar-refractivity contribution is 5.56. The van der Waals surface area contributed by atoms with E-state index in [1.54, 1.807) is 6.07 Å². The fraction of sp³-hybridized carbons (Fsp3) is 0.364. The van der Waals surface area contributed by atoms with Gasteiger partial charge in [0, 0.05) is 12.0 Å². The van der Waals surface area contributed by atoms with Crippen molar-refractivity contribution in [1.29, 1.82) is 0 Å². The zero-order chi connectivity index (χ0) is 10.4. The average Bonchev–Trinajstić information content (AvgIpc) is 2.71. The van der Waals surface area contributed by atoms with Crippen LogP contribution in [-0.2, 0) is 0 Å². The van der Waals surface area contributed by atoms with Gasteiger partial charge in [-0.1, -0.05) is 6.92 Å². The van der Waals surface area contributed by atoms with E-state index in [4.69, 9.17) is 10.2 Å². The Hall–Kier alpha value is -1.71. The van der Waals surface area contributed by atoms with E-state index in [2.05, 4.69) is 17.1 Å². The summed E-state index contributed by atoms with van der Waals surface area (Å²) in [6, 6.07) is 5.78. The number of hydrogen-bond donors (Lipinski definition) is 2. The fourth-order valence-corrected chi connectivity index (χ4v) is 1.88. The summed E-state index contributed by atoms with van der Waals surface area (Å²) in [5, 5.41) is 6.71. The van der Waals surface area contributed by atoms with Crippen LogP contribution in [0.1, 0.15) is 25.0 Å². The van der Waals surface area contributed by atoms with Gasteiger partial charge in [0.05, 0.1) is 0 Å². The van der Waals surface area contributed by atoms with Crippen LogP contribution in [0.5, 0.6) is 0 Å². The van der Waals surface area contributed by atoms with Gasteiger partial charge in [-0.15, -0.1) is 0 Å². The number of anilines is 1. The van der Waals surface area contributed by atoms with Crippen LogP contribution in [0.4, 0.5) is 5.82 Å². The van der Waals surface area contributed by atoms with Gasteiger partial charge in [0.1, 0.15) is 17.3 Å². The number of rotatable bonds is 2. The third-order valence-electron chi connectivity index (χ3n) is 2.96. The van der Waals surface area contributed by atoms with E-state index in [1.807, 2.05) is 12.1 Å². The Morgan fingerprint density at radius 3 is 2.93 bits per heavy atom. The van der Waals surface area contributed by atoms with Crippen LogP contribution < -0.4 is 5.73 Å². The molecule has 78 valence electrons. The molecular weight excluding hydrogens is 190 g/mol. The van der Waals surface area contributed by atoms with Crippen LogP contribution in [-0.4, -0.2) is 10.2 Å². The summed E-state index contributed by atoms with van der Waals surface area (Å²) in [6.07, 6.45) is 1.23. The van der Waals surface area contributed by atoms with E-state index in [9.17, 15) is 0 Å². The lowest BCUT2D eigenvalue weighted by molar-refractivity contribution is 0.516. The smallest absolute Gasteiger partial charge is 0.152 e. The van der Waals surface area contributed by atoms with Gasteiger partial charge in [-0.25, -0.2) is 0 Å². The van der Waals surface area contributed by atoms with Crippen LogP contribution in [0.2, 0.25) is 0 Å². The van der Waals surface area contributed by atoms with Crippen molar-refractivity contribution >= 4 is 5.82 Å². The largest absolute Gasteiger partial charge is 0.459 e. The molecule has 1 fully saturated rings. The molecule has 4 nitrogen and oxygen atoms in total. The predicted octanol–water partition coefficient (Wildman–Crippen LogP) is 2.38. The van der Waals surface area contributed by atoms with Crippen molar-refractivity contribution in [1.82, 2.24) is 10.2 Å². The van der Waals surface area contributed by atoms with Crippen molar-refractivity contribution in [3.63, 3.8) is 0 Å². The maximum Gasteiger partial charge on any atom is 0.152 e. The number of nitrogens with zero attached hydrogens (tertiary/aromatic N) is 1. The summed E-state index contributed by atoms with van der Waals surface area (Å²) < 4.78 is 5.75. The van der Waals surface area contributed by atoms with Crippen LogP contribution in [0.15, 0.2) is 22.6 Å². The molecule has 3 N–H and O–H groups in total. The van der Waals surface area contributed by atoms with Crippen molar-refractivity contribution in [2.75, 3.05) is 5.73 Å². The number of aromatic amines is 1. The SMILES string of the molecule is CC1CC1c1ccc(-c2cc(N)n[nH]2)o1. The highest BCUT2D eigenvalue weighted by atomic mass is 16.3. The van der Waals surface area contributed by atoms with Gasteiger partial charge in [0.2, 0.25) is 0 Å². The molecule has 2 aromatic heterocycles. The maximum atomic E-state index is 5.75. The highest BCUT2D eigenvalue weighted by Crippen LogP contribution is 2.47. The molecule has 0 amide bonds. The standard InChI is InChI=1S/C11H13N3O/c1-6-4-7(6)9-2-3-10(15-9)8-5-11(12)14-13-8/h2-3,5-7H,4H2,1H3,(H3,12,13,14). The van der Waals surface area contributed by atoms with Crippen molar-refractivity contribution in [3.05, 3.63) is 24.0 Å². The molecule has 0 radical (unpaired) electrons. The predicted molar refractivity (Wildman–Crippen MR) is 57.2 cm³/mol. The number of nitrogens with two attached hydrogens (primary N) is 1.